The molecule has 0 aromatic heterocycles. The Morgan fingerprint density at radius 2 is 2.00 bits per heavy atom. The van der Waals surface area contributed by atoms with E-state index in [2.05, 4.69) is 37.9 Å². The summed E-state index contributed by atoms with van der Waals surface area (Å²) < 4.78 is 5.85. The summed E-state index contributed by atoms with van der Waals surface area (Å²) in [5, 5.41) is 3.66. The van der Waals surface area contributed by atoms with E-state index in [0.717, 1.165) is 25.7 Å². The molecule has 0 spiro atoms. The third kappa shape index (κ3) is 5.01. The van der Waals surface area contributed by atoms with E-state index in [1.54, 1.807) is 0 Å². The highest BCUT2D eigenvalue weighted by Gasteiger charge is 2.37. The van der Waals surface area contributed by atoms with E-state index < -0.39 is 0 Å². The Balaban J connectivity index is 1.96. The minimum atomic E-state index is 0.321. The SMILES string of the molecule is CC(C)NCC1(CN(CC2CC2)C(C)C)CCCOC1. The monoisotopic (exact) mass is 282 g/mol. The van der Waals surface area contributed by atoms with Crippen LogP contribution in [0.25, 0.3) is 0 Å². The molecule has 1 saturated carbocycles. The van der Waals surface area contributed by atoms with Crippen LogP contribution in [0.4, 0.5) is 0 Å². The van der Waals surface area contributed by atoms with Gasteiger partial charge >= 0.3 is 0 Å². The van der Waals surface area contributed by atoms with Crippen LogP contribution in [0, 0.1) is 11.3 Å². The second kappa shape index (κ2) is 7.24. The molecule has 0 radical (unpaired) electrons. The molecule has 2 fully saturated rings. The molecule has 0 aromatic carbocycles. The summed E-state index contributed by atoms with van der Waals surface area (Å²) in [5.41, 5.74) is 0.321. The highest BCUT2D eigenvalue weighted by Crippen LogP contribution is 2.34. The zero-order chi connectivity index (χ0) is 14.6. The largest absolute Gasteiger partial charge is 0.381 e. The standard InChI is InChI=1S/C17H34N2O/c1-14(2)18-11-17(8-5-9-20-13-17)12-19(15(3)4)10-16-6-7-16/h14-16,18H,5-13H2,1-4H3. The topological polar surface area (TPSA) is 24.5 Å². The van der Waals surface area contributed by atoms with Crippen LogP contribution in [0.3, 0.4) is 0 Å². The smallest absolute Gasteiger partial charge is 0.0546 e. The average molecular weight is 282 g/mol. The van der Waals surface area contributed by atoms with Crippen molar-refractivity contribution in [3.8, 4) is 0 Å². The van der Waals surface area contributed by atoms with Crippen LogP contribution in [0.2, 0.25) is 0 Å². The lowest BCUT2D eigenvalue weighted by atomic mass is 9.81. The Kier molecular flexibility index (Phi) is 5.88. The number of nitrogens with one attached hydrogen (secondary N) is 1. The second-order valence-electron chi connectivity index (χ2n) is 7.66. The summed E-state index contributed by atoms with van der Waals surface area (Å²) in [7, 11) is 0. The van der Waals surface area contributed by atoms with E-state index in [0.29, 0.717) is 17.5 Å². The van der Waals surface area contributed by atoms with Gasteiger partial charge in [0.2, 0.25) is 0 Å². The molecule has 0 bridgehead atoms. The number of rotatable bonds is 8. The Hall–Kier alpha value is -0.120. The summed E-state index contributed by atoms with van der Waals surface area (Å²) in [6.07, 6.45) is 5.41. The number of hydrogen-bond acceptors (Lipinski definition) is 3. The molecule has 20 heavy (non-hydrogen) atoms. The highest BCUT2D eigenvalue weighted by atomic mass is 16.5. The summed E-state index contributed by atoms with van der Waals surface area (Å²) in [4.78, 5) is 2.70. The van der Waals surface area contributed by atoms with E-state index in [-0.39, 0.29) is 0 Å². The molecular weight excluding hydrogens is 248 g/mol. The quantitative estimate of drug-likeness (QED) is 0.741. The maximum absolute atomic E-state index is 5.85. The van der Waals surface area contributed by atoms with Crippen molar-refractivity contribution in [2.24, 2.45) is 11.3 Å². The maximum atomic E-state index is 5.85. The van der Waals surface area contributed by atoms with Gasteiger partial charge in [0.15, 0.2) is 0 Å². The Morgan fingerprint density at radius 1 is 1.25 bits per heavy atom. The van der Waals surface area contributed by atoms with Crippen molar-refractivity contribution < 1.29 is 4.74 Å². The zero-order valence-electron chi connectivity index (χ0n) is 14.0. The van der Waals surface area contributed by atoms with Crippen molar-refractivity contribution in [2.45, 2.75) is 65.5 Å². The molecule has 1 atom stereocenters. The molecule has 0 aromatic rings. The first-order valence-electron chi connectivity index (χ1n) is 8.56. The number of nitrogens with zero attached hydrogens (tertiary/aromatic N) is 1. The van der Waals surface area contributed by atoms with Crippen molar-refractivity contribution in [2.75, 3.05) is 32.8 Å². The third-order valence-electron chi connectivity index (χ3n) is 4.75. The predicted molar refractivity (Wildman–Crippen MR) is 85.1 cm³/mol. The maximum Gasteiger partial charge on any atom is 0.0546 e. The van der Waals surface area contributed by atoms with Gasteiger partial charge in [0.1, 0.15) is 0 Å². The molecule has 3 nitrogen and oxygen atoms in total. The van der Waals surface area contributed by atoms with Gasteiger partial charge in [-0.3, -0.25) is 4.90 Å². The number of ether oxygens (including phenoxy) is 1. The normalized spacial score (nSPS) is 27.8. The predicted octanol–water partition coefficient (Wildman–Crippen LogP) is 2.90. The van der Waals surface area contributed by atoms with Crippen LogP contribution in [0.5, 0.6) is 0 Å². The molecule has 1 saturated heterocycles. The van der Waals surface area contributed by atoms with Crippen LogP contribution < -0.4 is 5.32 Å². The lowest BCUT2D eigenvalue weighted by Crippen LogP contribution is -2.51. The lowest BCUT2D eigenvalue weighted by molar-refractivity contribution is -0.0323. The van der Waals surface area contributed by atoms with Crippen LogP contribution >= 0.6 is 0 Å². The van der Waals surface area contributed by atoms with Crippen LogP contribution in [-0.4, -0.2) is 49.8 Å². The van der Waals surface area contributed by atoms with Gasteiger partial charge in [-0.2, -0.15) is 0 Å². The van der Waals surface area contributed by atoms with E-state index in [1.807, 2.05) is 0 Å². The first kappa shape index (κ1) is 16.3. The minimum Gasteiger partial charge on any atom is -0.381 e. The molecule has 1 aliphatic carbocycles. The van der Waals surface area contributed by atoms with E-state index in [9.17, 15) is 0 Å². The fourth-order valence-corrected chi connectivity index (χ4v) is 3.17. The highest BCUT2D eigenvalue weighted by molar-refractivity contribution is 4.90. The fraction of sp³-hybridized carbons (Fsp3) is 1.00. The summed E-state index contributed by atoms with van der Waals surface area (Å²) >= 11 is 0. The molecule has 2 rings (SSSR count). The van der Waals surface area contributed by atoms with E-state index >= 15 is 0 Å². The lowest BCUT2D eigenvalue weighted by Gasteiger charge is -2.43. The first-order valence-corrected chi connectivity index (χ1v) is 8.56. The molecule has 3 heteroatoms. The van der Waals surface area contributed by atoms with Crippen LogP contribution in [-0.2, 0) is 4.74 Å². The second-order valence-corrected chi connectivity index (χ2v) is 7.66. The Morgan fingerprint density at radius 3 is 2.50 bits per heavy atom. The van der Waals surface area contributed by atoms with Gasteiger partial charge in [-0.15, -0.1) is 0 Å². The van der Waals surface area contributed by atoms with Gasteiger partial charge in [0.05, 0.1) is 6.61 Å². The van der Waals surface area contributed by atoms with Gasteiger partial charge in [-0.05, 0) is 45.4 Å². The number of hydrogen-bond donors (Lipinski definition) is 1. The van der Waals surface area contributed by atoms with Crippen molar-refractivity contribution in [1.82, 2.24) is 10.2 Å². The van der Waals surface area contributed by atoms with E-state index in [1.165, 1.54) is 38.8 Å². The van der Waals surface area contributed by atoms with Gasteiger partial charge in [-0.25, -0.2) is 0 Å². The molecule has 1 aliphatic heterocycles. The molecule has 118 valence electrons. The minimum absolute atomic E-state index is 0.321. The molecule has 0 amide bonds. The van der Waals surface area contributed by atoms with Crippen molar-refractivity contribution in [3.63, 3.8) is 0 Å². The Bertz CT molecular complexity index is 281. The van der Waals surface area contributed by atoms with E-state index in [4.69, 9.17) is 4.74 Å². The van der Waals surface area contributed by atoms with Crippen molar-refractivity contribution in [3.05, 3.63) is 0 Å². The summed E-state index contributed by atoms with van der Waals surface area (Å²) in [6, 6.07) is 1.21. The zero-order valence-corrected chi connectivity index (χ0v) is 14.0. The van der Waals surface area contributed by atoms with Crippen molar-refractivity contribution >= 4 is 0 Å². The Labute approximate surface area is 125 Å². The third-order valence-corrected chi connectivity index (χ3v) is 4.75. The molecular formula is C17H34N2O. The molecule has 2 aliphatic rings. The molecule has 1 N–H and O–H groups in total. The van der Waals surface area contributed by atoms with Crippen molar-refractivity contribution in [1.29, 1.82) is 0 Å². The van der Waals surface area contributed by atoms with Crippen LogP contribution in [0.15, 0.2) is 0 Å². The average Bonchev–Trinajstić information content (AvgIpc) is 3.21. The molecule has 1 unspecified atom stereocenters. The van der Waals surface area contributed by atoms with Gasteiger partial charge in [0, 0.05) is 43.7 Å². The van der Waals surface area contributed by atoms with Gasteiger partial charge in [0.25, 0.3) is 0 Å². The first-order chi connectivity index (χ1) is 9.51. The fourth-order valence-electron chi connectivity index (χ4n) is 3.17. The van der Waals surface area contributed by atoms with Gasteiger partial charge < -0.3 is 10.1 Å². The van der Waals surface area contributed by atoms with Crippen LogP contribution in [0.1, 0.15) is 53.4 Å². The van der Waals surface area contributed by atoms with Gasteiger partial charge in [-0.1, -0.05) is 13.8 Å². The summed E-state index contributed by atoms with van der Waals surface area (Å²) in [6.45, 7) is 14.6. The molecule has 1 heterocycles. The summed E-state index contributed by atoms with van der Waals surface area (Å²) in [5.74, 6) is 0.969.